The van der Waals surface area contributed by atoms with Crippen LogP contribution in [0.1, 0.15) is 37.8 Å². The molecular formula is C24H23FN2. The van der Waals surface area contributed by atoms with Gasteiger partial charge in [0.1, 0.15) is 5.82 Å². The largest absolute Gasteiger partial charge is 0.324 e. The number of nitrogens with zero attached hydrogens (tertiary/aromatic N) is 2. The molecule has 0 amide bonds. The van der Waals surface area contributed by atoms with Crippen LogP contribution < -0.4 is 0 Å². The first-order chi connectivity index (χ1) is 13.0. The number of fused-ring (bicyclic) bond motifs is 1. The summed E-state index contributed by atoms with van der Waals surface area (Å²) in [5, 5.41) is 0. The Morgan fingerprint density at radius 3 is 2.78 bits per heavy atom. The Balaban J connectivity index is 1.85. The van der Waals surface area contributed by atoms with E-state index in [-0.39, 0.29) is 5.82 Å². The first kappa shape index (κ1) is 17.5. The predicted molar refractivity (Wildman–Crippen MR) is 109 cm³/mol. The molecule has 0 saturated heterocycles. The van der Waals surface area contributed by atoms with E-state index in [1.54, 1.807) is 19.2 Å². The summed E-state index contributed by atoms with van der Waals surface area (Å²) in [4.78, 5) is 6.83. The Labute approximate surface area is 160 Å². The Morgan fingerprint density at radius 1 is 1.11 bits per heavy atom. The summed E-state index contributed by atoms with van der Waals surface area (Å²) in [6.45, 7) is 6.13. The first-order valence-corrected chi connectivity index (χ1v) is 9.32. The highest BCUT2D eigenvalue weighted by Gasteiger charge is 2.20. The molecule has 3 heterocycles. The van der Waals surface area contributed by atoms with Crippen LogP contribution in [0.15, 0.2) is 77.9 Å². The third-order valence-electron chi connectivity index (χ3n) is 5.24. The van der Waals surface area contributed by atoms with Crippen LogP contribution in [0.5, 0.6) is 0 Å². The van der Waals surface area contributed by atoms with E-state index >= 15 is 0 Å². The topological polar surface area (TPSA) is 16.1 Å². The summed E-state index contributed by atoms with van der Waals surface area (Å²) in [7, 11) is 0. The van der Waals surface area contributed by atoms with Gasteiger partial charge in [0.25, 0.3) is 0 Å². The molecule has 0 bridgehead atoms. The second-order valence-corrected chi connectivity index (χ2v) is 7.23. The molecule has 0 fully saturated rings. The van der Waals surface area contributed by atoms with Gasteiger partial charge in [0.2, 0.25) is 0 Å². The Hall–Kier alpha value is -2.94. The smallest absolute Gasteiger partial charge is 0.126 e. The molecule has 4 rings (SSSR count). The SMILES string of the molecule is CC1=CC2=C(C)CCC=CN2C=C1c1cccnc1-c1ccc(F)c(C)c1. The molecule has 27 heavy (non-hydrogen) atoms. The second-order valence-electron chi connectivity index (χ2n) is 7.23. The molecule has 0 N–H and O–H groups in total. The maximum atomic E-state index is 13.7. The molecule has 0 atom stereocenters. The van der Waals surface area contributed by atoms with Crippen LogP contribution in [0, 0.1) is 12.7 Å². The van der Waals surface area contributed by atoms with Crippen molar-refractivity contribution in [1.29, 1.82) is 0 Å². The van der Waals surface area contributed by atoms with Crippen molar-refractivity contribution in [2.45, 2.75) is 33.6 Å². The summed E-state index contributed by atoms with van der Waals surface area (Å²) in [5.74, 6) is -0.191. The van der Waals surface area contributed by atoms with Crippen molar-refractivity contribution in [1.82, 2.24) is 9.88 Å². The average molecular weight is 358 g/mol. The average Bonchev–Trinajstić information content (AvgIpc) is 2.85. The van der Waals surface area contributed by atoms with Gasteiger partial charge in [0.05, 0.1) is 5.69 Å². The molecule has 136 valence electrons. The monoisotopic (exact) mass is 358 g/mol. The van der Waals surface area contributed by atoms with E-state index in [2.05, 4.69) is 54.3 Å². The summed E-state index contributed by atoms with van der Waals surface area (Å²) in [6, 6.07) is 9.23. The number of allylic oxidation sites excluding steroid dienone is 5. The lowest BCUT2D eigenvalue weighted by atomic mass is 9.92. The lowest BCUT2D eigenvalue weighted by Gasteiger charge is -2.27. The Morgan fingerprint density at radius 2 is 1.96 bits per heavy atom. The number of rotatable bonds is 2. The lowest BCUT2D eigenvalue weighted by molar-refractivity contribution is 0.618. The highest BCUT2D eigenvalue weighted by atomic mass is 19.1. The van der Waals surface area contributed by atoms with Gasteiger partial charge in [0.15, 0.2) is 0 Å². The first-order valence-electron chi connectivity index (χ1n) is 9.32. The van der Waals surface area contributed by atoms with E-state index in [4.69, 9.17) is 0 Å². The summed E-state index contributed by atoms with van der Waals surface area (Å²) in [6.07, 6.45) is 12.7. The molecule has 0 unspecified atom stereocenters. The number of hydrogen-bond donors (Lipinski definition) is 0. The fourth-order valence-electron chi connectivity index (χ4n) is 3.68. The Bertz CT molecular complexity index is 1020. The van der Waals surface area contributed by atoms with Crippen LogP contribution in [-0.4, -0.2) is 9.88 Å². The fourth-order valence-corrected chi connectivity index (χ4v) is 3.68. The molecular weight excluding hydrogens is 335 g/mol. The third-order valence-corrected chi connectivity index (χ3v) is 5.24. The molecule has 2 nitrogen and oxygen atoms in total. The number of hydrogen-bond acceptors (Lipinski definition) is 2. The minimum Gasteiger partial charge on any atom is -0.324 e. The highest BCUT2D eigenvalue weighted by molar-refractivity contribution is 5.87. The maximum Gasteiger partial charge on any atom is 0.126 e. The van der Waals surface area contributed by atoms with Crippen LogP contribution in [0.25, 0.3) is 16.8 Å². The van der Waals surface area contributed by atoms with Crippen molar-refractivity contribution in [2.75, 3.05) is 0 Å². The molecule has 1 aromatic carbocycles. The number of halogens is 1. The summed E-state index contributed by atoms with van der Waals surface area (Å²) >= 11 is 0. The molecule has 0 radical (unpaired) electrons. The minimum absolute atomic E-state index is 0.191. The predicted octanol–water partition coefficient (Wildman–Crippen LogP) is 6.38. The molecule has 2 aromatic rings. The van der Waals surface area contributed by atoms with E-state index in [0.717, 1.165) is 35.2 Å². The van der Waals surface area contributed by atoms with Crippen molar-refractivity contribution < 1.29 is 4.39 Å². The summed E-state index contributed by atoms with van der Waals surface area (Å²) < 4.78 is 13.7. The summed E-state index contributed by atoms with van der Waals surface area (Å²) in [5.41, 5.74) is 8.51. The van der Waals surface area contributed by atoms with E-state index in [1.807, 2.05) is 12.1 Å². The van der Waals surface area contributed by atoms with E-state index in [9.17, 15) is 4.39 Å². The van der Waals surface area contributed by atoms with Crippen LogP contribution >= 0.6 is 0 Å². The number of benzene rings is 1. The fraction of sp³-hybridized carbons (Fsp3) is 0.208. The van der Waals surface area contributed by atoms with Crippen molar-refractivity contribution in [2.24, 2.45) is 0 Å². The second kappa shape index (κ2) is 6.99. The van der Waals surface area contributed by atoms with E-state index in [1.165, 1.54) is 22.9 Å². The molecule has 0 aliphatic carbocycles. The quantitative estimate of drug-likeness (QED) is 0.619. The van der Waals surface area contributed by atoms with Gasteiger partial charge in [-0.3, -0.25) is 4.98 Å². The van der Waals surface area contributed by atoms with Crippen molar-refractivity contribution in [3.05, 3.63) is 94.9 Å². The molecule has 2 aliphatic rings. The standard InChI is InChI=1S/C24H23FN2/c1-16-7-4-5-12-27-15-21(17(2)14-23(16)27)20-8-6-11-26-24(20)19-9-10-22(25)18(3)13-19/h5-6,8-15H,4,7H2,1-3H3. The van der Waals surface area contributed by atoms with Gasteiger partial charge < -0.3 is 4.90 Å². The minimum atomic E-state index is -0.191. The number of aryl methyl sites for hydroxylation is 1. The van der Waals surface area contributed by atoms with E-state index < -0.39 is 0 Å². The van der Waals surface area contributed by atoms with Gasteiger partial charge in [0, 0.05) is 41.0 Å². The molecule has 0 spiro atoms. The number of aromatic nitrogens is 1. The van der Waals surface area contributed by atoms with Gasteiger partial charge in [-0.1, -0.05) is 12.1 Å². The molecule has 3 heteroatoms. The zero-order valence-corrected chi connectivity index (χ0v) is 16.0. The van der Waals surface area contributed by atoms with Gasteiger partial charge in [-0.05, 0) is 80.7 Å². The molecule has 1 aromatic heterocycles. The Kier molecular flexibility index (Phi) is 4.53. The van der Waals surface area contributed by atoms with Gasteiger partial charge in [-0.15, -0.1) is 0 Å². The molecule has 2 aliphatic heterocycles. The van der Waals surface area contributed by atoms with Crippen molar-refractivity contribution >= 4 is 5.57 Å². The zero-order chi connectivity index (χ0) is 19.0. The van der Waals surface area contributed by atoms with Gasteiger partial charge in [-0.2, -0.15) is 0 Å². The normalized spacial score (nSPS) is 16.7. The molecule has 0 saturated carbocycles. The maximum absolute atomic E-state index is 13.7. The van der Waals surface area contributed by atoms with Crippen LogP contribution in [0.4, 0.5) is 4.39 Å². The number of pyridine rings is 1. The van der Waals surface area contributed by atoms with Crippen molar-refractivity contribution in [3.63, 3.8) is 0 Å². The third kappa shape index (κ3) is 3.25. The van der Waals surface area contributed by atoms with Gasteiger partial charge >= 0.3 is 0 Å². The van der Waals surface area contributed by atoms with Crippen LogP contribution in [-0.2, 0) is 0 Å². The lowest BCUT2D eigenvalue weighted by Crippen LogP contribution is -2.14. The van der Waals surface area contributed by atoms with E-state index in [0.29, 0.717) is 5.56 Å². The van der Waals surface area contributed by atoms with Crippen molar-refractivity contribution in [3.8, 4) is 11.3 Å². The van der Waals surface area contributed by atoms with Crippen LogP contribution in [0.2, 0.25) is 0 Å². The zero-order valence-electron chi connectivity index (χ0n) is 16.0. The highest BCUT2D eigenvalue weighted by Crippen LogP contribution is 2.37. The van der Waals surface area contributed by atoms with Gasteiger partial charge in [-0.25, -0.2) is 4.39 Å². The van der Waals surface area contributed by atoms with Crippen LogP contribution in [0.3, 0.4) is 0 Å².